The molecular formula is C22H20F2O. The first-order chi connectivity index (χ1) is 12.1. The lowest BCUT2D eigenvalue weighted by molar-refractivity contribution is 0.315. The summed E-state index contributed by atoms with van der Waals surface area (Å²) < 4.78 is 33.7. The van der Waals surface area contributed by atoms with E-state index in [0.717, 1.165) is 24.0 Å². The third-order valence-electron chi connectivity index (χ3n) is 4.21. The fraction of sp³-hybridized carbons (Fsp3) is 0.182. The van der Waals surface area contributed by atoms with Crippen molar-refractivity contribution in [2.75, 3.05) is 6.61 Å². The molecule has 0 radical (unpaired) electrons. The van der Waals surface area contributed by atoms with Gasteiger partial charge in [-0.2, -0.15) is 4.39 Å². The van der Waals surface area contributed by atoms with Crippen LogP contribution in [0.5, 0.6) is 5.75 Å². The van der Waals surface area contributed by atoms with Crippen LogP contribution >= 0.6 is 0 Å². The molecule has 0 aliphatic carbocycles. The molecule has 0 aromatic heterocycles. The molecular weight excluding hydrogens is 318 g/mol. The van der Waals surface area contributed by atoms with Gasteiger partial charge in [0.15, 0.2) is 11.6 Å². The minimum Gasteiger partial charge on any atom is -0.491 e. The van der Waals surface area contributed by atoms with E-state index >= 15 is 0 Å². The molecule has 1 nitrogen and oxygen atoms in total. The average Bonchev–Trinajstić information content (AvgIpc) is 2.64. The van der Waals surface area contributed by atoms with E-state index < -0.39 is 11.6 Å². The monoisotopic (exact) mass is 338 g/mol. The molecule has 0 N–H and O–H groups in total. The Balaban J connectivity index is 1.99. The number of aryl methyl sites for hydroxylation is 1. The van der Waals surface area contributed by atoms with E-state index in [1.54, 1.807) is 25.1 Å². The molecule has 0 spiro atoms. The van der Waals surface area contributed by atoms with E-state index in [1.807, 2.05) is 24.3 Å². The Morgan fingerprint density at radius 1 is 0.960 bits per heavy atom. The van der Waals surface area contributed by atoms with Crippen molar-refractivity contribution in [3.63, 3.8) is 0 Å². The van der Waals surface area contributed by atoms with Crippen LogP contribution in [0.1, 0.15) is 18.9 Å². The molecule has 3 heteroatoms. The summed E-state index contributed by atoms with van der Waals surface area (Å²) in [5, 5.41) is 0.878. The molecule has 3 aromatic rings. The zero-order valence-electron chi connectivity index (χ0n) is 14.2. The van der Waals surface area contributed by atoms with Gasteiger partial charge in [-0.15, -0.1) is 6.58 Å². The minimum atomic E-state index is -0.939. The summed E-state index contributed by atoms with van der Waals surface area (Å²) in [6, 6.07) is 15.0. The second kappa shape index (κ2) is 7.47. The normalized spacial score (nSPS) is 10.8. The molecule has 128 valence electrons. The number of rotatable bonds is 6. The highest BCUT2D eigenvalue weighted by atomic mass is 19.2. The first kappa shape index (κ1) is 17.2. The number of ether oxygens (including phenoxy) is 1. The summed E-state index contributed by atoms with van der Waals surface area (Å²) in [6.07, 6.45) is 3.77. The van der Waals surface area contributed by atoms with Crippen LogP contribution in [0.4, 0.5) is 8.78 Å². The van der Waals surface area contributed by atoms with Gasteiger partial charge in [-0.3, -0.25) is 0 Å². The Kier molecular flexibility index (Phi) is 5.13. The first-order valence-corrected chi connectivity index (χ1v) is 8.38. The van der Waals surface area contributed by atoms with E-state index in [4.69, 9.17) is 4.74 Å². The van der Waals surface area contributed by atoms with Gasteiger partial charge in [0.2, 0.25) is 5.82 Å². The maximum absolute atomic E-state index is 14.4. The largest absolute Gasteiger partial charge is 0.491 e. The van der Waals surface area contributed by atoms with Gasteiger partial charge in [0.05, 0.1) is 6.61 Å². The molecule has 0 saturated carbocycles. The van der Waals surface area contributed by atoms with Crippen LogP contribution in [0, 0.1) is 11.6 Å². The Labute approximate surface area is 146 Å². The van der Waals surface area contributed by atoms with Crippen LogP contribution in [0.25, 0.3) is 21.9 Å². The van der Waals surface area contributed by atoms with Crippen LogP contribution in [0.2, 0.25) is 0 Å². The van der Waals surface area contributed by atoms with Gasteiger partial charge in [-0.05, 0) is 54.0 Å². The number of fused-ring (bicyclic) bond motifs is 1. The quantitative estimate of drug-likeness (QED) is 0.479. The van der Waals surface area contributed by atoms with Gasteiger partial charge >= 0.3 is 0 Å². The lowest BCUT2D eigenvalue weighted by atomic mass is 9.99. The van der Waals surface area contributed by atoms with E-state index in [1.165, 1.54) is 5.56 Å². The molecule has 0 heterocycles. The van der Waals surface area contributed by atoms with Crippen molar-refractivity contribution in [1.29, 1.82) is 0 Å². The molecule has 0 aliphatic rings. The van der Waals surface area contributed by atoms with Crippen molar-refractivity contribution in [3.05, 3.63) is 78.4 Å². The fourth-order valence-corrected chi connectivity index (χ4v) is 2.88. The van der Waals surface area contributed by atoms with Crippen molar-refractivity contribution in [2.45, 2.75) is 19.8 Å². The molecule has 25 heavy (non-hydrogen) atoms. The molecule has 0 unspecified atom stereocenters. The summed E-state index contributed by atoms with van der Waals surface area (Å²) >= 11 is 0. The highest BCUT2D eigenvalue weighted by molar-refractivity contribution is 5.89. The van der Waals surface area contributed by atoms with E-state index in [9.17, 15) is 8.78 Å². The van der Waals surface area contributed by atoms with Crippen molar-refractivity contribution < 1.29 is 13.5 Å². The maximum atomic E-state index is 14.4. The summed E-state index contributed by atoms with van der Waals surface area (Å²) in [5.41, 5.74) is 3.05. The van der Waals surface area contributed by atoms with Gasteiger partial charge < -0.3 is 4.74 Å². The molecule has 0 saturated heterocycles. The number of allylic oxidation sites excluding steroid dienone is 1. The highest BCUT2D eigenvalue weighted by Crippen LogP contribution is 2.32. The van der Waals surface area contributed by atoms with E-state index in [-0.39, 0.29) is 17.7 Å². The summed E-state index contributed by atoms with van der Waals surface area (Å²) in [6.45, 7) is 5.76. The lowest BCUT2D eigenvalue weighted by Crippen LogP contribution is -1.98. The van der Waals surface area contributed by atoms with Crippen LogP contribution in [-0.2, 0) is 6.42 Å². The first-order valence-electron chi connectivity index (χ1n) is 8.38. The average molecular weight is 338 g/mol. The predicted molar refractivity (Wildman–Crippen MR) is 99.0 cm³/mol. The Bertz CT molecular complexity index is 898. The van der Waals surface area contributed by atoms with E-state index in [0.29, 0.717) is 5.39 Å². The van der Waals surface area contributed by atoms with Crippen molar-refractivity contribution in [1.82, 2.24) is 0 Å². The maximum Gasteiger partial charge on any atom is 0.201 e. The number of halogens is 2. The van der Waals surface area contributed by atoms with Crippen molar-refractivity contribution >= 4 is 10.8 Å². The van der Waals surface area contributed by atoms with E-state index in [2.05, 4.69) is 18.7 Å². The van der Waals surface area contributed by atoms with Gasteiger partial charge in [0.1, 0.15) is 0 Å². The fourth-order valence-electron chi connectivity index (χ4n) is 2.88. The Hall–Kier alpha value is -2.68. The molecule has 3 aromatic carbocycles. The standard InChI is InChI=1S/C22H20F2O/c1-3-5-6-15-7-9-16(10-8-15)17-11-12-18-14-20(25-4-2)22(24)21(23)19(18)13-17/h3,7-14H,1,4-6H2,2H3. The zero-order chi connectivity index (χ0) is 17.8. The zero-order valence-corrected chi connectivity index (χ0v) is 14.2. The van der Waals surface area contributed by atoms with Crippen LogP contribution < -0.4 is 4.74 Å². The predicted octanol–water partition coefficient (Wildman–Crippen LogP) is 6.30. The Morgan fingerprint density at radius 3 is 2.36 bits per heavy atom. The van der Waals surface area contributed by atoms with Gasteiger partial charge in [-0.25, -0.2) is 4.39 Å². The van der Waals surface area contributed by atoms with Gasteiger partial charge in [0, 0.05) is 5.39 Å². The lowest BCUT2D eigenvalue weighted by Gasteiger charge is -2.10. The number of benzene rings is 3. The van der Waals surface area contributed by atoms with Gasteiger partial charge in [-0.1, -0.05) is 42.5 Å². The summed E-state index contributed by atoms with van der Waals surface area (Å²) in [5.74, 6) is -1.86. The highest BCUT2D eigenvalue weighted by Gasteiger charge is 2.15. The summed E-state index contributed by atoms with van der Waals surface area (Å²) in [7, 11) is 0. The van der Waals surface area contributed by atoms with Gasteiger partial charge in [0.25, 0.3) is 0 Å². The second-order valence-electron chi connectivity index (χ2n) is 5.90. The number of hydrogen-bond donors (Lipinski definition) is 0. The minimum absolute atomic E-state index is 0.0492. The molecule has 0 amide bonds. The summed E-state index contributed by atoms with van der Waals surface area (Å²) in [4.78, 5) is 0. The SMILES string of the molecule is C=CCCc1ccc(-c2ccc3cc(OCC)c(F)c(F)c3c2)cc1. The smallest absolute Gasteiger partial charge is 0.201 e. The third kappa shape index (κ3) is 3.55. The molecule has 0 fully saturated rings. The van der Waals surface area contributed by atoms with Crippen molar-refractivity contribution in [2.24, 2.45) is 0 Å². The second-order valence-corrected chi connectivity index (χ2v) is 5.90. The van der Waals surface area contributed by atoms with Crippen LogP contribution in [0.3, 0.4) is 0 Å². The van der Waals surface area contributed by atoms with Crippen LogP contribution in [0.15, 0.2) is 61.2 Å². The molecule has 0 aliphatic heterocycles. The molecule has 0 atom stereocenters. The third-order valence-corrected chi connectivity index (χ3v) is 4.21. The Morgan fingerprint density at radius 2 is 1.68 bits per heavy atom. The van der Waals surface area contributed by atoms with Crippen LogP contribution in [-0.4, -0.2) is 6.61 Å². The topological polar surface area (TPSA) is 9.23 Å². The number of hydrogen-bond acceptors (Lipinski definition) is 1. The molecule has 0 bridgehead atoms. The molecule has 3 rings (SSSR count). The van der Waals surface area contributed by atoms with Crippen molar-refractivity contribution in [3.8, 4) is 16.9 Å².